The van der Waals surface area contributed by atoms with Crippen molar-refractivity contribution in [1.29, 1.82) is 0 Å². The molecular formula is C14H9ClFN3O2. The van der Waals surface area contributed by atoms with Crippen LogP contribution in [0.25, 0.3) is 10.9 Å². The van der Waals surface area contributed by atoms with E-state index < -0.39 is 5.82 Å². The molecular weight excluding hydrogens is 297 g/mol. The number of hydrogen-bond acceptors (Lipinski definition) is 5. The van der Waals surface area contributed by atoms with Gasteiger partial charge in [0.05, 0.1) is 16.2 Å². The Morgan fingerprint density at radius 3 is 2.67 bits per heavy atom. The molecule has 106 valence electrons. The first kappa shape index (κ1) is 13.4. The number of aromatic nitrogens is 2. The van der Waals surface area contributed by atoms with Crippen molar-refractivity contribution < 1.29 is 14.6 Å². The SMILES string of the molecule is Oc1cc2ncnc(Nc3cccc(Cl)c3F)c2cc1O. The molecule has 0 fully saturated rings. The van der Waals surface area contributed by atoms with Crippen LogP contribution >= 0.6 is 11.6 Å². The molecule has 0 aliphatic rings. The molecule has 0 unspecified atom stereocenters. The quantitative estimate of drug-likeness (QED) is 0.631. The van der Waals surface area contributed by atoms with E-state index in [0.29, 0.717) is 10.9 Å². The summed E-state index contributed by atoms with van der Waals surface area (Å²) in [7, 11) is 0. The summed E-state index contributed by atoms with van der Waals surface area (Å²) in [6.07, 6.45) is 1.27. The number of fused-ring (bicyclic) bond motifs is 1. The minimum atomic E-state index is -0.603. The van der Waals surface area contributed by atoms with Gasteiger partial charge in [0.25, 0.3) is 0 Å². The molecule has 7 heteroatoms. The number of rotatable bonds is 2. The number of aromatic hydroxyl groups is 2. The molecule has 5 nitrogen and oxygen atoms in total. The zero-order valence-electron chi connectivity index (χ0n) is 10.5. The van der Waals surface area contributed by atoms with Crippen LogP contribution in [0.3, 0.4) is 0 Å². The van der Waals surface area contributed by atoms with Gasteiger partial charge in [0, 0.05) is 11.5 Å². The Hall–Kier alpha value is -2.60. The van der Waals surface area contributed by atoms with Crippen LogP contribution in [-0.2, 0) is 0 Å². The highest BCUT2D eigenvalue weighted by molar-refractivity contribution is 6.31. The van der Waals surface area contributed by atoms with Gasteiger partial charge in [-0.1, -0.05) is 17.7 Å². The lowest BCUT2D eigenvalue weighted by Gasteiger charge is -2.10. The molecule has 0 saturated heterocycles. The maximum absolute atomic E-state index is 13.9. The number of benzene rings is 2. The lowest BCUT2D eigenvalue weighted by atomic mass is 10.2. The number of nitrogens with one attached hydrogen (secondary N) is 1. The Kier molecular flexibility index (Phi) is 3.23. The first-order chi connectivity index (χ1) is 10.1. The number of phenolic OH excluding ortho intramolecular Hbond substituents is 2. The molecule has 0 bridgehead atoms. The van der Waals surface area contributed by atoms with Crippen molar-refractivity contribution in [3.8, 4) is 11.5 Å². The van der Waals surface area contributed by atoms with Gasteiger partial charge in [-0.25, -0.2) is 14.4 Å². The standard InChI is InChI=1S/C14H9ClFN3O2/c15-8-2-1-3-9(13(8)16)19-14-7-4-11(20)12(21)5-10(7)17-6-18-14/h1-6,20-21H,(H,17,18,19). The van der Waals surface area contributed by atoms with Crippen molar-refractivity contribution in [2.24, 2.45) is 0 Å². The largest absolute Gasteiger partial charge is 0.504 e. The first-order valence-corrected chi connectivity index (χ1v) is 6.32. The molecule has 0 aliphatic heterocycles. The molecule has 0 atom stereocenters. The van der Waals surface area contributed by atoms with Crippen molar-refractivity contribution in [2.75, 3.05) is 5.32 Å². The molecule has 1 heterocycles. The summed E-state index contributed by atoms with van der Waals surface area (Å²) < 4.78 is 13.9. The highest BCUT2D eigenvalue weighted by Gasteiger charge is 2.11. The van der Waals surface area contributed by atoms with E-state index in [2.05, 4.69) is 15.3 Å². The van der Waals surface area contributed by atoms with Crippen LogP contribution < -0.4 is 5.32 Å². The number of hydrogen-bond donors (Lipinski definition) is 3. The summed E-state index contributed by atoms with van der Waals surface area (Å²) in [6.45, 7) is 0. The Morgan fingerprint density at radius 1 is 1.10 bits per heavy atom. The summed E-state index contributed by atoms with van der Waals surface area (Å²) in [4.78, 5) is 8.00. The fourth-order valence-corrected chi connectivity index (χ4v) is 2.08. The van der Waals surface area contributed by atoms with E-state index in [0.717, 1.165) is 0 Å². The molecule has 0 aliphatic carbocycles. The lowest BCUT2D eigenvalue weighted by Crippen LogP contribution is -1.98. The predicted molar refractivity (Wildman–Crippen MR) is 77.6 cm³/mol. The fourth-order valence-electron chi connectivity index (χ4n) is 1.91. The zero-order valence-corrected chi connectivity index (χ0v) is 11.3. The van der Waals surface area contributed by atoms with Crippen LogP contribution in [0, 0.1) is 5.82 Å². The van der Waals surface area contributed by atoms with E-state index >= 15 is 0 Å². The van der Waals surface area contributed by atoms with E-state index in [4.69, 9.17) is 11.6 Å². The summed E-state index contributed by atoms with van der Waals surface area (Å²) in [5.41, 5.74) is 0.556. The Bertz CT molecular complexity index is 842. The maximum atomic E-state index is 13.9. The molecule has 2 aromatic carbocycles. The summed E-state index contributed by atoms with van der Waals surface area (Å²) in [5, 5.41) is 22.3. The van der Waals surface area contributed by atoms with Crippen molar-refractivity contribution in [2.45, 2.75) is 0 Å². The first-order valence-electron chi connectivity index (χ1n) is 5.94. The average Bonchev–Trinajstić information content (AvgIpc) is 2.46. The monoisotopic (exact) mass is 305 g/mol. The molecule has 0 saturated carbocycles. The van der Waals surface area contributed by atoms with Gasteiger partial charge in [-0.2, -0.15) is 0 Å². The minimum Gasteiger partial charge on any atom is -0.504 e. The second kappa shape index (κ2) is 5.06. The summed E-state index contributed by atoms with van der Waals surface area (Å²) in [6, 6.07) is 7.14. The van der Waals surface area contributed by atoms with Gasteiger partial charge < -0.3 is 15.5 Å². The van der Waals surface area contributed by atoms with Gasteiger partial charge in [0.1, 0.15) is 12.1 Å². The van der Waals surface area contributed by atoms with Crippen LogP contribution in [0.5, 0.6) is 11.5 Å². The van der Waals surface area contributed by atoms with Crippen LogP contribution in [0.2, 0.25) is 5.02 Å². The van der Waals surface area contributed by atoms with Crippen molar-refractivity contribution in [3.05, 3.63) is 47.5 Å². The molecule has 0 spiro atoms. The predicted octanol–water partition coefficient (Wildman–Crippen LogP) is 3.58. The molecule has 21 heavy (non-hydrogen) atoms. The third kappa shape index (κ3) is 2.41. The van der Waals surface area contributed by atoms with E-state index in [1.165, 1.54) is 30.6 Å². The number of phenols is 2. The molecule has 0 radical (unpaired) electrons. The number of nitrogens with zero attached hydrogens (tertiary/aromatic N) is 2. The Balaban J connectivity index is 2.12. The van der Waals surface area contributed by atoms with Crippen LogP contribution in [-0.4, -0.2) is 20.2 Å². The molecule has 3 N–H and O–H groups in total. The topological polar surface area (TPSA) is 78.3 Å². The molecule has 1 aromatic heterocycles. The van der Waals surface area contributed by atoms with Gasteiger partial charge >= 0.3 is 0 Å². The van der Waals surface area contributed by atoms with Gasteiger partial charge in [0.15, 0.2) is 17.3 Å². The van der Waals surface area contributed by atoms with Gasteiger partial charge in [-0.15, -0.1) is 0 Å². The molecule has 0 amide bonds. The fraction of sp³-hybridized carbons (Fsp3) is 0. The van der Waals surface area contributed by atoms with Gasteiger partial charge in [-0.3, -0.25) is 0 Å². The van der Waals surface area contributed by atoms with E-state index in [1.54, 1.807) is 6.07 Å². The van der Waals surface area contributed by atoms with Crippen LogP contribution in [0.1, 0.15) is 0 Å². The Labute approximate surface area is 123 Å². The third-order valence-corrected chi connectivity index (χ3v) is 3.23. The zero-order chi connectivity index (χ0) is 15.0. The summed E-state index contributed by atoms with van der Waals surface area (Å²) >= 11 is 5.72. The highest BCUT2D eigenvalue weighted by atomic mass is 35.5. The number of anilines is 2. The summed E-state index contributed by atoms with van der Waals surface area (Å²) in [5.74, 6) is -0.918. The maximum Gasteiger partial charge on any atom is 0.165 e. The van der Waals surface area contributed by atoms with E-state index in [-0.39, 0.29) is 28.0 Å². The average molecular weight is 306 g/mol. The second-order valence-electron chi connectivity index (χ2n) is 4.31. The van der Waals surface area contributed by atoms with Crippen molar-refractivity contribution in [1.82, 2.24) is 9.97 Å². The van der Waals surface area contributed by atoms with Gasteiger partial charge in [-0.05, 0) is 18.2 Å². The van der Waals surface area contributed by atoms with Crippen molar-refractivity contribution in [3.63, 3.8) is 0 Å². The lowest BCUT2D eigenvalue weighted by molar-refractivity contribution is 0.405. The van der Waals surface area contributed by atoms with E-state index in [1.807, 2.05) is 0 Å². The Morgan fingerprint density at radius 2 is 1.86 bits per heavy atom. The normalized spacial score (nSPS) is 10.8. The third-order valence-electron chi connectivity index (χ3n) is 2.94. The second-order valence-corrected chi connectivity index (χ2v) is 4.71. The molecule has 3 rings (SSSR count). The van der Waals surface area contributed by atoms with Crippen LogP contribution in [0.15, 0.2) is 36.7 Å². The minimum absolute atomic E-state index is 0.0150. The van der Waals surface area contributed by atoms with Crippen molar-refractivity contribution >= 4 is 34.0 Å². The number of halogens is 2. The highest BCUT2D eigenvalue weighted by Crippen LogP contribution is 2.33. The molecule has 3 aromatic rings. The van der Waals surface area contributed by atoms with E-state index in [9.17, 15) is 14.6 Å². The smallest absolute Gasteiger partial charge is 0.165 e. The van der Waals surface area contributed by atoms with Gasteiger partial charge in [0.2, 0.25) is 0 Å². The van der Waals surface area contributed by atoms with Crippen LogP contribution in [0.4, 0.5) is 15.9 Å².